The number of hydrogen-bond acceptors (Lipinski definition) is 12. The van der Waals surface area contributed by atoms with Gasteiger partial charge in [0.25, 0.3) is 11.1 Å². The molecule has 2 aromatic carbocycles. The number of aryl methyl sites for hydroxylation is 3. The van der Waals surface area contributed by atoms with Gasteiger partial charge in [-0.2, -0.15) is 0 Å². The molecule has 10 rings (SSSR count). The molecule has 3 N–H and O–H groups in total. The van der Waals surface area contributed by atoms with Crippen molar-refractivity contribution < 1.29 is 38.8 Å². The van der Waals surface area contributed by atoms with Crippen molar-refractivity contribution in [1.29, 1.82) is 0 Å². The molecule has 0 fully saturated rings. The normalized spacial score (nSPS) is 18.6. The van der Waals surface area contributed by atoms with Gasteiger partial charge in [0.2, 0.25) is 5.60 Å². The Labute approximate surface area is 366 Å². The Hall–Kier alpha value is -7.31. The molecule has 2 atom stereocenters. The van der Waals surface area contributed by atoms with E-state index < -0.39 is 29.2 Å². The van der Waals surface area contributed by atoms with E-state index in [1.54, 1.807) is 53.3 Å². The number of hydrogen-bond donors (Lipinski definition) is 3. The number of esters is 2. The minimum absolute atomic E-state index is 0.0582. The van der Waals surface area contributed by atoms with Gasteiger partial charge in [-0.25, -0.2) is 24.4 Å². The predicted octanol–water partition coefficient (Wildman–Crippen LogP) is 5.67. The van der Waals surface area contributed by atoms with Gasteiger partial charge in [0, 0.05) is 33.0 Å². The van der Waals surface area contributed by atoms with Crippen molar-refractivity contribution in [2.75, 3.05) is 6.54 Å². The highest BCUT2D eigenvalue weighted by atomic mass is 16.6. The number of cyclic esters (lactones) is 2. The quantitative estimate of drug-likeness (QED) is 0.105. The Balaban J connectivity index is 0.000000165. The molecule has 0 radical (unpaired) electrons. The Kier molecular flexibility index (Phi) is 10.2. The average molecular weight is 864 g/mol. The molecule has 1 amide bonds. The second kappa shape index (κ2) is 15.5. The number of aromatic hydroxyl groups is 1. The van der Waals surface area contributed by atoms with Crippen molar-refractivity contribution >= 4 is 39.8 Å². The lowest BCUT2D eigenvalue weighted by atomic mass is 9.85. The zero-order valence-electron chi connectivity index (χ0n) is 36.0. The van der Waals surface area contributed by atoms with Crippen molar-refractivity contribution in [1.82, 2.24) is 24.4 Å². The van der Waals surface area contributed by atoms with E-state index in [9.17, 15) is 34.2 Å². The SMILES string of the molecule is C#CCNC(=O)O[C@]1(CC)C(=O)OCc2c1cc1n(c2=O)Cc2c-1nc1ccc(O)cc1c2CC.CCc1c2c(nc3ccc(C)cc13)-c1cc3c(c(=O)n1C2)COC(=O)[C@]3(O)CC. The number of aliphatic hydroxyl groups is 1. The summed E-state index contributed by atoms with van der Waals surface area (Å²) in [7, 11) is 0. The fourth-order valence-electron chi connectivity index (χ4n) is 9.71. The molecule has 0 spiro atoms. The summed E-state index contributed by atoms with van der Waals surface area (Å²) in [4.78, 5) is 74.2. The number of carbonyl (C=O) groups is 3. The second-order valence-corrected chi connectivity index (χ2v) is 16.4. The fraction of sp³-hybridized carbons (Fsp3) is 0.327. The molecule has 0 unspecified atom stereocenters. The van der Waals surface area contributed by atoms with E-state index in [-0.39, 0.29) is 55.0 Å². The molecule has 0 saturated heterocycles. The Morgan fingerprint density at radius 1 is 0.781 bits per heavy atom. The first kappa shape index (κ1) is 42.0. The van der Waals surface area contributed by atoms with Crippen LogP contribution < -0.4 is 16.4 Å². The third kappa shape index (κ3) is 6.18. The topological polar surface area (TPSA) is 201 Å². The summed E-state index contributed by atoms with van der Waals surface area (Å²) in [6.07, 6.45) is 6.02. The third-order valence-electron chi connectivity index (χ3n) is 13.0. The van der Waals surface area contributed by atoms with Gasteiger partial charge in [-0.15, -0.1) is 6.42 Å². The molecule has 8 heterocycles. The summed E-state index contributed by atoms with van der Waals surface area (Å²) in [6, 6.07) is 14.6. The highest BCUT2D eigenvalue weighted by Crippen LogP contribution is 2.43. The van der Waals surface area contributed by atoms with Crippen LogP contribution in [0.1, 0.15) is 90.6 Å². The zero-order valence-corrected chi connectivity index (χ0v) is 36.0. The van der Waals surface area contributed by atoms with E-state index in [0.717, 1.165) is 45.1 Å². The highest BCUT2D eigenvalue weighted by molar-refractivity contribution is 5.92. The van der Waals surface area contributed by atoms with E-state index >= 15 is 0 Å². The van der Waals surface area contributed by atoms with Crippen LogP contribution in [-0.4, -0.2) is 53.9 Å². The van der Waals surface area contributed by atoms with Gasteiger partial charge in [0.15, 0.2) is 5.60 Å². The lowest BCUT2D eigenvalue weighted by Gasteiger charge is -2.35. The highest BCUT2D eigenvalue weighted by Gasteiger charge is 2.51. The summed E-state index contributed by atoms with van der Waals surface area (Å²) in [6.45, 7) is 9.89. The van der Waals surface area contributed by atoms with E-state index in [1.807, 2.05) is 19.1 Å². The molecule has 0 bridgehead atoms. The Bertz CT molecular complexity index is 3220. The number of ether oxygens (including phenoxy) is 3. The number of benzene rings is 2. The van der Waals surface area contributed by atoms with Gasteiger partial charge in [0.05, 0.1) is 64.6 Å². The van der Waals surface area contributed by atoms with Crippen LogP contribution in [0, 0.1) is 19.3 Å². The van der Waals surface area contributed by atoms with Crippen LogP contribution >= 0.6 is 0 Å². The van der Waals surface area contributed by atoms with Crippen LogP contribution in [0.5, 0.6) is 5.75 Å². The van der Waals surface area contributed by atoms with Gasteiger partial charge in [-0.3, -0.25) is 9.59 Å². The summed E-state index contributed by atoms with van der Waals surface area (Å²) in [5.74, 6) is 0.963. The van der Waals surface area contributed by atoms with Crippen LogP contribution in [0.2, 0.25) is 0 Å². The Morgan fingerprint density at radius 2 is 1.33 bits per heavy atom. The average Bonchev–Trinajstić information content (AvgIpc) is 3.85. The number of nitrogens with one attached hydrogen (secondary N) is 1. The van der Waals surface area contributed by atoms with Crippen molar-refractivity contribution in [2.24, 2.45) is 0 Å². The number of fused-ring (bicyclic) bond motifs is 10. The van der Waals surface area contributed by atoms with Crippen molar-refractivity contribution in [3.63, 3.8) is 0 Å². The number of nitrogens with zero attached hydrogens (tertiary/aromatic N) is 4. The largest absolute Gasteiger partial charge is 0.508 e. The zero-order chi connectivity index (χ0) is 45.4. The van der Waals surface area contributed by atoms with Crippen molar-refractivity contribution in [3.05, 3.63) is 119 Å². The molecule has 4 aliphatic rings. The maximum atomic E-state index is 13.6. The van der Waals surface area contributed by atoms with E-state index in [1.165, 1.54) is 11.1 Å². The third-order valence-corrected chi connectivity index (χ3v) is 13.0. The molecular weight excluding hydrogens is 819 g/mol. The molecule has 64 heavy (non-hydrogen) atoms. The first-order valence-electron chi connectivity index (χ1n) is 21.3. The molecule has 15 nitrogen and oxygen atoms in total. The number of phenolic OH excluding ortho intramolecular Hbond substituents is 1. The molecule has 0 aliphatic carbocycles. The number of carbonyl (C=O) groups excluding carboxylic acids is 3. The van der Waals surface area contributed by atoms with Crippen LogP contribution in [0.25, 0.3) is 44.6 Å². The number of rotatable bonds is 6. The maximum Gasteiger partial charge on any atom is 0.409 e. The summed E-state index contributed by atoms with van der Waals surface area (Å²) >= 11 is 0. The minimum atomic E-state index is -1.80. The summed E-state index contributed by atoms with van der Waals surface area (Å²) in [5.41, 5.74) is 6.51. The molecule has 4 aliphatic heterocycles. The van der Waals surface area contributed by atoms with Gasteiger partial charge < -0.3 is 38.9 Å². The standard InChI is InChI=1S/C26H23N3O6.C23H22N2O4/c1-4-9-27-25(33)35-26(6-3)19-11-21-22-17(12-29(21)23(31)18(19)13-34-24(26)32)15(5-2)16-10-14(30)7-8-20(16)28-22;1-4-13-14-8-12(3)6-7-18(14)24-20-15(13)10-25-19(20)9-17-16(21(25)26)11-29-22(27)23(17,28)5-2/h1,7-8,10-11,30H,5-6,9,12-13H2,2-3H3,(H,27,33);6-9,28H,4-5,10-11H2,1-3H3/t26-;23-/m00/s1. The first-order valence-corrected chi connectivity index (χ1v) is 21.3. The van der Waals surface area contributed by atoms with Gasteiger partial charge in [-0.05, 0) is 86.2 Å². The molecule has 0 saturated carbocycles. The number of pyridine rings is 4. The number of alkyl carbamates (subject to hydrolysis) is 1. The molecule has 4 aromatic heterocycles. The Morgan fingerprint density at radius 3 is 1.89 bits per heavy atom. The maximum absolute atomic E-state index is 13.6. The van der Waals surface area contributed by atoms with E-state index in [4.69, 9.17) is 30.6 Å². The molecule has 6 aromatic rings. The van der Waals surface area contributed by atoms with Crippen LogP contribution in [0.4, 0.5) is 4.79 Å². The number of aromatic nitrogens is 4. The van der Waals surface area contributed by atoms with Crippen molar-refractivity contribution in [3.8, 4) is 40.9 Å². The fourth-order valence-corrected chi connectivity index (χ4v) is 9.71. The lowest BCUT2D eigenvalue weighted by molar-refractivity contribution is -0.172. The minimum Gasteiger partial charge on any atom is -0.508 e. The number of terminal acetylenes is 1. The first-order chi connectivity index (χ1) is 30.7. The smallest absolute Gasteiger partial charge is 0.409 e. The van der Waals surface area contributed by atoms with Crippen LogP contribution in [0.3, 0.4) is 0 Å². The summed E-state index contributed by atoms with van der Waals surface area (Å²) in [5, 5.41) is 25.3. The van der Waals surface area contributed by atoms with Gasteiger partial charge in [-0.1, -0.05) is 45.2 Å². The van der Waals surface area contributed by atoms with Crippen molar-refractivity contribution in [2.45, 2.75) is 97.8 Å². The van der Waals surface area contributed by atoms with E-state index in [0.29, 0.717) is 58.8 Å². The van der Waals surface area contributed by atoms with Crippen LogP contribution in [-0.2, 0) is 74.1 Å². The molecule has 326 valence electrons. The summed E-state index contributed by atoms with van der Waals surface area (Å²) < 4.78 is 19.3. The predicted molar refractivity (Wildman–Crippen MR) is 235 cm³/mol. The monoisotopic (exact) mass is 863 g/mol. The lowest BCUT2D eigenvalue weighted by Crippen LogP contribution is -2.49. The second-order valence-electron chi connectivity index (χ2n) is 16.4. The molecular formula is C49H45N5O10. The van der Waals surface area contributed by atoms with Gasteiger partial charge >= 0.3 is 18.0 Å². The van der Waals surface area contributed by atoms with Crippen LogP contribution in [0.15, 0.2) is 58.1 Å². The van der Waals surface area contributed by atoms with Gasteiger partial charge in [0.1, 0.15) is 19.0 Å². The number of amides is 1. The van der Waals surface area contributed by atoms with E-state index in [2.05, 4.69) is 31.2 Å². The molecule has 15 heteroatoms. The number of phenols is 1.